The van der Waals surface area contributed by atoms with Crippen molar-refractivity contribution >= 4 is 32.4 Å². The number of pyridine rings is 1. The molecule has 37 heavy (non-hydrogen) atoms. The fourth-order valence-corrected chi connectivity index (χ4v) is 7.56. The quantitative estimate of drug-likeness (QED) is 0.162. The lowest BCUT2D eigenvalue weighted by molar-refractivity contribution is -0.984. The Morgan fingerprint density at radius 2 is 1.59 bits per heavy atom. The summed E-state index contributed by atoms with van der Waals surface area (Å²) in [5, 5.41) is 18.4. The molecule has 3 aliphatic heterocycles. The van der Waals surface area contributed by atoms with Gasteiger partial charge < -0.3 is 9.59 Å². The fraction of sp³-hybridized carbons (Fsp3) is 0.265. The largest absolute Gasteiger partial charge is 0.382 e. The molecule has 5 atom stereocenters. The molecule has 8 rings (SSSR count). The fourth-order valence-electron chi connectivity index (χ4n) is 7.56. The van der Waals surface area contributed by atoms with Gasteiger partial charge in [0.2, 0.25) is 0 Å². The molecule has 2 unspecified atom stereocenters. The number of fused-ring (bicyclic) bond motifs is 6. The highest BCUT2D eigenvalue weighted by Crippen LogP contribution is 2.49. The van der Waals surface area contributed by atoms with Crippen LogP contribution in [-0.4, -0.2) is 33.7 Å². The van der Waals surface area contributed by atoms with Crippen molar-refractivity contribution in [3.05, 3.63) is 115 Å². The van der Waals surface area contributed by atoms with Gasteiger partial charge in [0, 0.05) is 35.9 Å². The Labute approximate surface area is 218 Å². The molecule has 5 aromatic rings. The predicted molar refractivity (Wildman–Crippen MR) is 152 cm³/mol. The first-order chi connectivity index (χ1) is 18.2. The van der Waals surface area contributed by atoms with E-state index in [2.05, 4.69) is 78.3 Å². The Morgan fingerprint density at radius 1 is 0.919 bits per heavy atom. The summed E-state index contributed by atoms with van der Waals surface area (Å²) in [6.45, 7) is 7.28. The summed E-state index contributed by atoms with van der Waals surface area (Å²) in [6, 6.07) is 30.3. The molecular formula is C34H33N2O+. The number of aliphatic hydroxyl groups is 1. The van der Waals surface area contributed by atoms with Gasteiger partial charge in [-0.1, -0.05) is 72.8 Å². The first kappa shape index (κ1) is 22.7. The lowest BCUT2D eigenvalue weighted by atomic mass is 9.71. The summed E-state index contributed by atoms with van der Waals surface area (Å²) in [5.74, 6) is 1.09. The van der Waals surface area contributed by atoms with E-state index in [0.717, 1.165) is 47.0 Å². The number of quaternary nitrogens is 1. The number of hydrogen-bond donors (Lipinski definition) is 1. The van der Waals surface area contributed by atoms with Gasteiger partial charge in [-0.05, 0) is 51.2 Å². The smallest absolute Gasteiger partial charge is 0.131 e. The van der Waals surface area contributed by atoms with E-state index in [1.807, 2.05) is 30.5 Å². The van der Waals surface area contributed by atoms with E-state index in [9.17, 15) is 5.11 Å². The zero-order valence-electron chi connectivity index (χ0n) is 21.1. The van der Waals surface area contributed by atoms with Gasteiger partial charge in [-0.15, -0.1) is 6.58 Å². The zero-order valence-corrected chi connectivity index (χ0v) is 21.1. The van der Waals surface area contributed by atoms with Crippen molar-refractivity contribution in [2.75, 3.05) is 13.1 Å². The van der Waals surface area contributed by atoms with Crippen molar-refractivity contribution in [2.45, 2.75) is 31.5 Å². The standard InChI is InChI=1S/C34H33N2O/c1-2-23-21-36(22-31-27-11-5-3-9-25(27)19-26-10-4-6-12-28(26)31)18-16-24(23)20-33(36)34(37)30-15-17-35-32-14-8-7-13-29(30)32/h2-15,17,19,23-24,33-34,37H,1,16,18,20-22H2/q+1/t23-,24?,33+,34-,36?/m0/s1. The van der Waals surface area contributed by atoms with Crippen LogP contribution in [0, 0.1) is 11.8 Å². The zero-order chi connectivity index (χ0) is 25.0. The Kier molecular flexibility index (Phi) is 5.38. The highest BCUT2D eigenvalue weighted by atomic mass is 16.3. The number of piperidine rings is 3. The van der Waals surface area contributed by atoms with Crippen LogP contribution in [0.3, 0.4) is 0 Å². The van der Waals surface area contributed by atoms with E-state index < -0.39 is 6.10 Å². The molecule has 3 fully saturated rings. The number of para-hydroxylation sites is 1. The monoisotopic (exact) mass is 485 g/mol. The minimum Gasteiger partial charge on any atom is -0.382 e. The van der Waals surface area contributed by atoms with Crippen LogP contribution in [0.1, 0.15) is 30.1 Å². The van der Waals surface area contributed by atoms with Gasteiger partial charge in [-0.25, -0.2) is 0 Å². The molecule has 4 heterocycles. The van der Waals surface area contributed by atoms with Crippen LogP contribution >= 0.6 is 0 Å². The number of nitrogens with zero attached hydrogens (tertiary/aromatic N) is 2. The van der Waals surface area contributed by atoms with Crippen LogP contribution in [0.5, 0.6) is 0 Å². The lowest BCUT2D eigenvalue weighted by Crippen LogP contribution is -2.67. The van der Waals surface area contributed by atoms with Gasteiger partial charge in [0.05, 0.1) is 18.6 Å². The average Bonchev–Trinajstić information content (AvgIpc) is 2.96. The van der Waals surface area contributed by atoms with Crippen molar-refractivity contribution in [3.8, 4) is 0 Å². The van der Waals surface area contributed by atoms with Crippen LogP contribution in [0.4, 0.5) is 0 Å². The summed E-state index contributed by atoms with van der Waals surface area (Å²) in [6.07, 6.45) is 5.72. The molecule has 0 amide bonds. The summed E-state index contributed by atoms with van der Waals surface area (Å²) < 4.78 is 0.906. The summed E-state index contributed by atoms with van der Waals surface area (Å²) in [5.41, 5.74) is 3.37. The molecule has 184 valence electrons. The van der Waals surface area contributed by atoms with E-state index in [-0.39, 0.29) is 6.04 Å². The molecule has 3 saturated heterocycles. The van der Waals surface area contributed by atoms with E-state index >= 15 is 0 Å². The Bertz CT molecular complexity index is 1580. The van der Waals surface area contributed by atoms with Crippen LogP contribution in [0.2, 0.25) is 0 Å². The third kappa shape index (κ3) is 3.60. The molecular weight excluding hydrogens is 452 g/mol. The predicted octanol–water partition coefficient (Wildman–Crippen LogP) is 7.19. The SMILES string of the molecule is C=C[C@H]1C[N+]2(Cc3c4ccccc4cc4ccccc34)CCC1C[C@@H]2[C@@H](O)c1ccnc2ccccc12. The molecule has 3 aliphatic rings. The van der Waals surface area contributed by atoms with Crippen LogP contribution < -0.4 is 0 Å². The molecule has 0 saturated carbocycles. The lowest BCUT2D eigenvalue weighted by Gasteiger charge is -2.58. The van der Waals surface area contributed by atoms with Gasteiger partial charge >= 0.3 is 0 Å². The van der Waals surface area contributed by atoms with Crippen molar-refractivity contribution < 1.29 is 9.59 Å². The van der Waals surface area contributed by atoms with Crippen LogP contribution in [-0.2, 0) is 6.54 Å². The number of aliphatic hydroxyl groups excluding tert-OH is 1. The molecule has 1 aromatic heterocycles. The van der Waals surface area contributed by atoms with Gasteiger partial charge in [0.1, 0.15) is 18.7 Å². The number of benzene rings is 4. The number of aromatic nitrogens is 1. The van der Waals surface area contributed by atoms with E-state index in [1.165, 1.54) is 33.5 Å². The number of rotatable bonds is 5. The highest BCUT2D eigenvalue weighted by molar-refractivity contribution is 6.02. The molecule has 0 spiro atoms. The van der Waals surface area contributed by atoms with Gasteiger partial charge in [-0.2, -0.15) is 0 Å². The third-order valence-corrected chi connectivity index (χ3v) is 9.40. The van der Waals surface area contributed by atoms with Crippen LogP contribution in [0.15, 0.2) is 104 Å². The minimum atomic E-state index is -0.539. The molecule has 1 N–H and O–H groups in total. The maximum Gasteiger partial charge on any atom is 0.131 e. The minimum absolute atomic E-state index is 0.137. The topological polar surface area (TPSA) is 33.1 Å². The molecule has 3 heteroatoms. The second-order valence-corrected chi connectivity index (χ2v) is 11.2. The van der Waals surface area contributed by atoms with E-state index in [1.54, 1.807) is 0 Å². The number of hydrogen-bond acceptors (Lipinski definition) is 2. The Morgan fingerprint density at radius 3 is 2.32 bits per heavy atom. The van der Waals surface area contributed by atoms with Crippen molar-refractivity contribution in [2.24, 2.45) is 11.8 Å². The maximum absolute atomic E-state index is 12.1. The molecule has 3 nitrogen and oxygen atoms in total. The Balaban J connectivity index is 1.39. The first-order valence-corrected chi connectivity index (χ1v) is 13.6. The molecule has 2 bridgehead atoms. The maximum atomic E-state index is 12.1. The van der Waals surface area contributed by atoms with Crippen LogP contribution in [0.25, 0.3) is 32.4 Å². The average molecular weight is 486 g/mol. The van der Waals surface area contributed by atoms with Gasteiger partial charge in [-0.3, -0.25) is 4.98 Å². The second kappa shape index (κ2) is 8.79. The highest BCUT2D eigenvalue weighted by Gasteiger charge is 2.54. The molecule has 0 radical (unpaired) electrons. The van der Waals surface area contributed by atoms with Crippen molar-refractivity contribution in [1.82, 2.24) is 4.98 Å². The summed E-state index contributed by atoms with van der Waals surface area (Å²) in [4.78, 5) is 4.57. The third-order valence-electron chi connectivity index (χ3n) is 9.40. The summed E-state index contributed by atoms with van der Waals surface area (Å²) >= 11 is 0. The molecule has 0 aliphatic carbocycles. The van der Waals surface area contributed by atoms with E-state index in [4.69, 9.17) is 0 Å². The Hall–Kier alpha value is -3.53. The molecule has 4 aromatic carbocycles. The summed E-state index contributed by atoms with van der Waals surface area (Å²) in [7, 11) is 0. The normalized spacial score (nSPS) is 26.0. The second-order valence-electron chi connectivity index (χ2n) is 11.2. The van der Waals surface area contributed by atoms with Crippen molar-refractivity contribution in [1.29, 1.82) is 0 Å². The first-order valence-electron chi connectivity index (χ1n) is 13.6. The van der Waals surface area contributed by atoms with E-state index in [0.29, 0.717) is 11.8 Å². The van der Waals surface area contributed by atoms with Gasteiger partial charge in [0.15, 0.2) is 0 Å². The van der Waals surface area contributed by atoms with Crippen molar-refractivity contribution in [3.63, 3.8) is 0 Å². The van der Waals surface area contributed by atoms with Gasteiger partial charge in [0.25, 0.3) is 0 Å².